The van der Waals surface area contributed by atoms with Gasteiger partial charge >= 0.3 is 0 Å². The second kappa shape index (κ2) is 6.67. The lowest BCUT2D eigenvalue weighted by molar-refractivity contribution is 0.454. The molecule has 1 unspecified atom stereocenters. The van der Waals surface area contributed by atoms with E-state index >= 15 is 0 Å². The number of halogens is 2. The Bertz CT molecular complexity index is 931. The van der Waals surface area contributed by atoms with E-state index in [4.69, 9.17) is 16.6 Å². The first kappa shape index (κ1) is 17.0. The van der Waals surface area contributed by atoms with Crippen molar-refractivity contribution in [2.24, 2.45) is 4.99 Å². The number of aryl methyl sites for hydroxylation is 1. The van der Waals surface area contributed by atoms with Gasteiger partial charge in [0, 0.05) is 20.8 Å². The molecule has 1 atom stereocenters. The Hall–Kier alpha value is -1.49. The SMILES string of the molecule is CC1=CSC2=NC(c3ccc(Cl)cc3)=CC(c3ccc(C)cc3Br)N12. The summed E-state index contributed by atoms with van der Waals surface area (Å²) >= 11 is 11.5. The third-order valence-electron chi connectivity index (χ3n) is 4.35. The van der Waals surface area contributed by atoms with Crippen LogP contribution in [-0.4, -0.2) is 10.1 Å². The van der Waals surface area contributed by atoms with Crippen LogP contribution in [0.25, 0.3) is 5.70 Å². The molecule has 0 saturated heterocycles. The summed E-state index contributed by atoms with van der Waals surface area (Å²) in [5, 5.41) is 3.91. The predicted octanol–water partition coefficient (Wildman–Crippen LogP) is 6.77. The van der Waals surface area contributed by atoms with E-state index in [1.54, 1.807) is 11.8 Å². The Morgan fingerprint density at radius 1 is 1.12 bits per heavy atom. The first-order valence-electron chi connectivity index (χ1n) is 7.98. The quantitative estimate of drug-likeness (QED) is 0.521. The van der Waals surface area contributed by atoms with Gasteiger partial charge in [-0.15, -0.1) is 0 Å². The maximum absolute atomic E-state index is 6.04. The minimum Gasteiger partial charge on any atom is -0.313 e. The number of nitrogens with zero attached hydrogens (tertiary/aromatic N) is 2. The Kier molecular flexibility index (Phi) is 4.52. The normalized spacial score (nSPS) is 19.3. The van der Waals surface area contributed by atoms with Gasteiger partial charge in [-0.3, -0.25) is 0 Å². The largest absolute Gasteiger partial charge is 0.313 e. The van der Waals surface area contributed by atoms with Crippen molar-refractivity contribution in [3.8, 4) is 0 Å². The second-order valence-corrected chi connectivity index (χ2v) is 8.30. The Morgan fingerprint density at radius 3 is 2.60 bits per heavy atom. The number of amidine groups is 1. The molecule has 0 bridgehead atoms. The molecule has 0 N–H and O–H groups in total. The molecule has 126 valence electrons. The molecule has 2 aliphatic heterocycles. The van der Waals surface area contributed by atoms with Crippen molar-refractivity contribution < 1.29 is 0 Å². The van der Waals surface area contributed by atoms with Crippen LogP contribution in [0.4, 0.5) is 0 Å². The van der Waals surface area contributed by atoms with Crippen LogP contribution in [0.15, 0.2) is 69.1 Å². The Labute approximate surface area is 165 Å². The van der Waals surface area contributed by atoms with Crippen molar-refractivity contribution in [1.29, 1.82) is 0 Å². The van der Waals surface area contributed by atoms with Crippen LogP contribution in [0, 0.1) is 6.92 Å². The van der Waals surface area contributed by atoms with Gasteiger partial charge in [0.05, 0.1) is 11.7 Å². The Balaban J connectivity index is 1.83. The number of rotatable bonds is 2. The predicted molar refractivity (Wildman–Crippen MR) is 112 cm³/mol. The van der Waals surface area contributed by atoms with Crippen molar-refractivity contribution >= 4 is 50.2 Å². The molecule has 2 heterocycles. The van der Waals surface area contributed by atoms with E-state index in [1.165, 1.54) is 16.8 Å². The molecule has 2 aromatic carbocycles. The molecule has 0 spiro atoms. The van der Waals surface area contributed by atoms with E-state index in [0.717, 1.165) is 25.9 Å². The van der Waals surface area contributed by atoms with Gasteiger partial charge in [0.1, 0.15) is 0 Å². The summed E-state index contributed by atoms with van der Waals surface area (Å²) in [4.78, 5) is 7.16. The van der Waals surface area contributed by atoms with E-state index in [1.807, 2.05) is 24.3 Å². The van der Waals surface area contributed by atoms with Gasteiger partial charge in [-0.25, -0.2) is 4.99 Å². The fourth-order valence-corrected chi connectivity index (χ4v) is 4.83. The van der Waals surface area contributed by atoms with Gasteiger partial charge in [0.15, 0.2) is 5.17 Å². The monoisotopic (exact) mass is 430 g/mol. The topological polar surface area (TPSA) is 15.6 Å². The number of allylic oxidation sites excluding steroid dienone is 1. The van der Waals surface area contributed by atoms with Crippen molar-refractivity contribution in [3.05, 3.63) is 85.8 Å². The van der Waals surface area contributed by atoms with Crippen LogP contribution in [0.1, 0.15) is 29.7 Å². The second-order valence-electron chi connectivity index (χ2n) is 6.17. The first-order chi connectivity index (χ1) is 12.0. The molecule has 0 saturated carbocycles. The Morgan fingerprint density at radius 2 is 1.88 bits per heavy atom. The molecule has 0 fully saturated rings. The van der Waals surface area contributed by atoms with Crippen LogP contribution >= 0.6 is 39.3 Å². The van der Waals surface area contributed by atoms with Crippen LogP contribution in [0.2, 0.25) is 5.02 Å². The minimum absolute atomic E-state index is 0.111. The summed E-state index contributed by atoms with van der Waals surface area (Å²) in [5.41, 5.74) is 5.75. The average molecular weight is 432 g/mol. The molecule has 2 nitrogen and oxygen atoms in total. The number of benzene rings is 2. The third kappa shape index (κ3) is 3.19. The number of hydrogen-bond donors (Lipinski definition) is 0. The standard InChI is InChI=1S/C20H16BrClN2S/c1-12-3-8-16(17(21)9-12)19-10-18(14-4-6-15(22)7-5-14)23-20-24(19)13(2)11-25-20/h3-11,19H,1-2H3. The van der Waals surface area contributed by atoms with Crippen molar-refractivity contribution in [1.82, 2.24) is 4.90 Å². The first-order valence-corrected chi connectivity index (χ1v) is 10.0. The summed E-state index contributed by atoms with van der Waals surface area (Å²) in [6.45, 7) is 4.24. The lowest BCUT2D eigenvalue weighted by Crippen LogP contribution is -2.30. The molecule has 0 radical (unpaired) electrons. The zero-order valence-electron chi connectivity index (χ0n) is 13.8. The molecule has 0 aromatic heterocycles. The molecule has 2 aromatic rings. The van der Waals surface area contributed by atoms with Gasteiger partial charge in [-0.2, -0.15) is 0 Å². The summed E-state index contributed by atoms with van der Waals surface area (Å²) < 4.78 is 1.12. The number of thioether (sulfide) groups is 1. The van der Waals surface area contributed by atoms with Crippen molar-refractivity contribution in [3.63, 3.8) is 0 Å². The maximum Gasteiger partial charge on any atom is 0.173 e. The highest BCUT2D eigenvalue weighted by molar-refractivity contribution is 9.10. The van der Waals surface area contributed by atoms with E-state index in [0.29, 0.717) is 0 Å². The smallest absolute Gasteiger partial charge is 0.173 e. The summed E-state index contributed by atoms with van der Waals surface area (Å²) in [6, 6.07) is 14.5. The van der Waals surface area contributed by atoms with E-state index in [2.05, 4.69) is 64.4 Å². The molecule has 2 aliphatic rings. The van der Waals surface area contributed by atoms with Crippen molar-refractivity contribution in [2.75, 3.05) is 0 Å². The van der Waals surface area contributed by atoms with E-state index in [9.17, 15) is 0 Å². The maximum atomic E-state index is 6.04. The zero-order chi connectivity index (χ0) is 17.6. The van der Waals surface area contributed by atoms with Gasteiger partial charge in [0.25, 0.3) is 0 Å². The van der Waals surface area contributed by atoms with Crippen LogP contribution in [0.3, 0.4) is 0 Å². The number of fused-ring (bicyclic) bond motifs is 1. The highest BCUT2D eigenvalue weighted by atomic mass is 79.9. The zero-order valence-corrected chi connectivity index (χ0v) is 17.0. The van der Waals surface area contributed by atoms with Crippen LogP contribution in [-0.2, 0) is 0 Å². The number of aliphatic imine (C=N–C) groups is 1. The fraction of sp³-hybridized carbons (Fsp3) is 0.150. The third-order valence-corrected chi connectivity index (χ3v) is 6.24. The molecule has 0 amide bonds. The minimum atomic E-state index is 0.111. The molecule has 0 aliphatic carbocycles. The molecular weight excluding hydrogens is 416 g/mol. The lowest BCUT2D eigenvalue weighted by Gasteiger charge is -2.33. The molecule has 25 heavy (non-hydrogen) atoms. The lowest BCUT2D eigenvalue weighted by atomic mass is 9.99. The molecule has 5 heteroatoms. The molecular formula is C20H16BrClN2S. The number of hydrogen-bond acceptors (Lipinski definition) is 3. The molecule has 4 rings (SSSR count). The average Bonchev–Trinajstić information content (AvgIpc) is 2.96. The van der Waals surface area contributed by atoms with Gasteiger partial charge in [-0.1, -0.05) is 63.6 Å². The summed E-state index contributed by atoms with van der Waals surface area (Å²) in [7, 11) is 0. The van der Waals surface area contributed by atoms with Crippen LogP contribution < -0.4 is 0 Å². The van der Waals surface area contributed by atoms with Gasteiger partial charge in [0.2, 0.25) is 0 Å². The fourth-order valence-electron chi connectivity index (χ4n) is 3.07. The summed E-state index contributed by atoms with van der Waals surface area (Å²) in [5.74, 6) is 0. The highest BCUT2D eigenvalue weighted by Gasteiger charge is 2.32. The van der Waals surface area contributed by atoms with Gasteiger partial charge in [-0.05, 0) is 54.7 Å². The van der Waals surface area contributed by atoms with E-state index in [-0.39, 0.29) is 6.04 Å². The van der Waals surface area contributed by atoms with Crippen molar-refractivity contribution in [2.45, 2.75) is 19.9 Å². The van der Waals surface area contributed by atoms with Crippen LogP contribution in [0.5, 0.6) is 0 Å². The van der Waals surface area contributed by atoms with Gasteiger partial charge < -0.3 is 4.90 Å². The van der Waals surface area contributed by atoms with E-state index < -0.39 is 0 Å². The summed E-state index contributed by atoms with van der Waals surface area (Å²) in [6.07, 6.45) is 2.23. The highest BCUT2D eigenvalue weighted by Crippen LogP contribution is 2.43.